The van der Waals surface area contributed by atoms with Gasteiger partial charge in [0.05, 0.1) is 5.69 Å². The Bertz CT molecular complexity index is 720. The van der Waals surface area contributed by atoms with Gasteiger partial charge in [0.25, 0.3) is 5.91 Å². The highest BCUT2D eigenvalue weighted by molar-refractivity contribution is 6.58. The van der Waals surface area contributed by atoms with Gasteiger partial charge in [-0.3, -0.25) is 15.0 Å². The summed E-state index contributed by atoms with van der Waals surface area (Å²) in [6.45, 7) is 1.95. The van der Waals surface area contributed by atoms with E-state index in [1.165, 1.54) is 0 Å². The number of nitrogens with zero attached hydrogens (tertiary/aromatic N) is 1. The molecule has 2 aromatic rings. The smallest absolute Gasteiger partial charge is 0.279 e. The number of amides is 2. The number of carbonyl (C=O) groups excluding carboxylic acids is 2. The highest BCUT2D eigenvalue weighted by Crippen LogP contribution is 2.30. The number of aryl methyl sites for hydroxylation is 1. The second kappa shape index (κ2) is 4.98. The molecule has 2 aromatic carbocycles. The Morgan fingerprint density at radius 3 is 2.19 bits per heavy atom. The Morgan fingerprint density at radius 1 is 0.952 bits per heavy atom. The number of carbonyl (C=O) groups is 2. The first-order valence-corrected chi connectivity index (χ1v) is 6.68. The van der Waals surface area contributed by atoms with Crippen LogP contribution in [0.2, 0.25) is 0 Å². The molecule has 1 heterocycles. The van der Waals surface area contributed by atoms with Crippen molar-refractivity contribution in [1.29, 1.82) is 5.41 Å². The van der Waals surface area contributed by atoms with Crippen LogP contribution in [0.1, 0.15) is 17.0 Å². The van der Waals surface area contributed by atoms with Crippen LogP contribution < -0.4 is 4.90 Å². The highest BCUT2D eigenvalue weighted by Gasteiger charge is 2.45. The molecule has 3 rings (SSSR count). The summed E-state index contributed by atoms with van der Waals surface area (Å²) in [6, 6.07) is 16.1. The van der Waals surface area contributed by atoms with Crippen molar-refractivity contribution in [3.63, 3.8) is 0 Å². The maximum absolute atomic E-state index is 12.6. The first-order chi connectivity index (χ1) is 10.1. The van der Waals surface area contributed by atoms with Crippen molar-refractivity contribution < 1.29 is 9.59 Å². The highest BCUT2D eigenvalue weighted by atomic mass is 16.2. The number of anilines is 1. The second-order valence-electron chi connectivity index (χ2n) is 5.07. The van der Waals surface area contributed by atoms with Crippen molar-refractivity contribution in [3.05, 3.63) is 65.7 Å². The third-order valence-electron chi connectivity index (χ3n) is 3.61. The lowest BCUT2D eigenvalue weighted by molar-refractivity contribution is -0.121. The average molecular weight is 278 g/mol. The lowest BCUT2D eigenvalue weighted by Crippen LogP contribution is -2.30. The summed E-state index contributed by atoms with van der Waals surface area (Å²) < 4.78 is 0. The Labute approximate surface area is 122 Å². The molecule has 1 N–H and O–H groups in total. The van der Waals surface area contributed by atoms with E-state index in [0.717, 1.165) is 10.5 Å². The van der Waals surface area contributed by atoms with Crippen molar-refractivity contribution in [2.75, 3.05) is 4.90 Å². The largest absolute Gasteiger partial charge is 0.299 e. The van der Waals surface area contributed by atoms with E-state index in [4.69, 9.17) is 5.41 Å². The van der Waals surface area contributed by atoms with Gasteiger partial charge in [-0.2, -0.15) is 0 Å². The molecule has 1 fully saturated rings. The quantitative estimate of drug-likeness (QED) is 0.858. The Morgan fingerprint density at radius 2 is 1.57 bits per heavy atom. The van der Waals surface area contributed by atoms with Gasteiger partial charge in [0, 0.05) is 0 Å². The monoisotopic (exact) mass is 278 g/mol. The molecular weight excluding hydrogens is 264 g/mol. The van der Waals surface area contributed by atoms with Gasteiger partial charge in [0.15, 0.2) is 0 Å². The topological polar surface area (TPSA) is 61.2 Å². The molecule has 0 spiro atoms. The first kappa shape index (κ1) is 13.2. The summed E-state index contributed by atoms with van der Waals surface area (Å²) in [6.07, 6.45) is 0. The van der Waals surface area contributed by atoms with Crippen molar-refractivity contribution in [2.24, 2.45) is 0 Å². The molecule has 0 saturated carbocycles. The van der Waals surface area contributed by atoms with Crippen molar-refractivity contribution in [3.8, 4) is 0 Å². The number of nitrogens with one attached hydrogen (secondary N) is 1. The number of hydrogen-bond acceptors (Lipinski definition) is 3. The van der Waals surface area contributed by atoms with Crippen LogP contribution in [0.4, 0.5) is 5.69 Å². The van der Waals surface area contributed by atoms with Crippen LogP contribution in [0.15, 0.2) is 54.6 Å². The fourth-order valence-corrected chi connectivity index (χ4v) is 2.49. The predicted octanol–water partition coefficient (Wildman–Crippen LogP) is 2.67. The lowest BCUT2D eigenvalue weighted by Gasteiger charge is -2.14. The molecule has 1 saturated heterocycles. The molecule has 0 bridgehead atoms. The van der Waals surface area contributed by atoms with Gasteiger partial charge >= 0.3 is 0 Å². The molecule has 0 aliphatic carbocycles. The number of imide groups is 1. The molecule has 104 valence electrons. The van der Waals surface area contributed by atoms with Crippen LogP contribution >= 0.6 is 0 Å². The van der Waals surface area contributed by atoms with Crippen LogP contribution in [0.3, 0.4) is 0 Å². The minimum atomic E-state index is -0.807. The SMILES string of the molecule is Cc1ccc(C2C(=N)C(=O)N(c3ccccc3)C2=O)cc1. The van der Waals surface area contributed by atoms with Gasteiger partial charge in [0.2, 0.25) is 5.91 Å². The van der Waals surface area contributed by atoms with Crippen molar-refractivity contribution in [2.45, 2.75) is 12.8 Å². The molecule has 1 unspecified atom stereocenters. The molecule has 2 amide bonds. The zero-order chi connectivity index (χ0) is 15.0. The molecule has 0 aromatic heterocycles. The Balaban J connectivity index is 2.02. The van der Waals surface area contributed by atoms with Crippen molar-refractivity contribution in [1.82, 2.24) is 0 Å². The van der Waals surface area contributed by atoms with Crippen LogP contribution in [0, 0.1) is 12.3 Å². The summed E-state index contributed by atoms with van der Waals surface area (Å²) in [4.78, 5) is 25.9. The van der Waals surface area contributed by atoms with E-state index < -0.39 is 11.8 Å². The van der Waals surface area contributed by atoms with Gasteiger partial charge < -0.3 is 0 Å². The maximum atomic E-state index is 12.6. The fourth-order valence-electron chi connectivity index (χ4n) is 2.49. The van der Waals surface area contributed by atoms with E-state index >= 15 is 0 Å². The summed E-state index contributed by atoms with van der Waals surface area (Å²) in [5.74, 6) is -1.71. The third kappa shape index (κ3) is 2.14. The van der Waals surface area contributed by atoms with Gasteiger partial charge in [-0.25, -0.2) is 4.90 Å². The predicted molar refractivity (Wildman–Crippen MR) is 80.6 cm³/mol. The first-order valence-electron chi connectivity index (χ1n) is 6.68. The van der Waals surface area contributed by atoms with Crippen molar-refractivity contribution >= 4 is 23.2 Å². The Kier molecular flexibility index (Phi) is 3.14. The van der Waals surface area contributed by atoms with Crippen LogP contribution in [-0.4, -0.2) is 17.5 Å². The minimum absolute atomic E-state index is 0.173. The third-order valence-corrected chi connectivity index (χ3v) is 3.61. The standard InChI is InChI=1S/C17H14N2O2/c1-11-7-9-12(10-8-11)14-15(18)17(21)19(16(14)20)13-5-3-2-4-6-13/h2-10,14,18H,1H3. The summed E-state index contributed by atoms with van der Waals surface area (Å²) in [5.41, 5.74) is 2.09. The van der Waals surface area contributed by atoms with Gasteiger partial charge in [-0.1, -0.05) is 48.0 Å². The van der Waals surface area contributed by atoms with E-state index in [1.54, 1.807) is 36.4 Å². The van der Waals surface area contributed by atoms with E-state index in [2.05, 4.69) is 0 Å². The summed E-state index contributed by atoms with van der Waals surface area (Å²) in [7, 11) is 0. The van der Waals surface area contributed by atoms with E-state index in [9.17, 15) is 9.59 Å². The van der Waals surface area contributed by atoms with Gasteiger partial charge in [-0.05, 0) is 24.6 Å². The number of benzene rings is 2. The van der Waals surface area contributed by atoms with E-state index in [-0.39, 0.29) is 11.6 Å². The summed E-state index contributed by atoms with van der Waals surface area (Å²) >= 11 is 0. The summed E-state index contributed by atoms with van der Waals surface area (Å²) in [5, 5.41) is 8.00. The second-order valence-corrected chi connectivity index (χ2v) is 5.07. The zero-order valence-electron chi connectivity index (χ0n) is 11.5. The van der Waals surface area contributed by atoms with Crippen LogP contribution in [-0.2, 0) is 9.59 Å². The average Bonchev–Trinajstić information content (AvgIpc) is 2.72. The molecule has 1 aliphatic heterocycles. The number of para-hydroxylation sites is 1. The Hall–Kier alpha value is -2.75. The van der Waals surface area contributed by atoms with E-state index in [1.807, 2.05) is 25.1 Å². The fraction of sp³-hybridized carbons (Fsp3) is 0.118. The zero-order valence-corrected chi connectivity index (χ0v) is 11.5. The molecule has 4 heteroatoms. The number of hydrogen-bond donors (Lipinski definition) is 1. The molecule has 21 heavy (non-hydrogen) atoms. The van der Waals surface area contributed by atoms with Crippen LogP contribution in [0.5, 0.6) is 0 Å². The van der Waals surface area contributed by atoms with Crippen LogP contribution in [0.25, 0.3) is 0 Å². The minimum Gasteiger partial charge on any atom is -0.299 e. The number of rotatable bonds is 2. The molecule has 0 radical (unpaired) electrons. The lowest BCUT2D eigenvalue weighted by atomic mass is 9.95. The van der Waals surface area contributed by atoms with Gasteiger partial charge in [-0.15, -0.1) is 0 Å². The molecule has 1 atom stereocenters. The van der Waals surface area contributed by atoms with E-state index in [0.29, 0.717) is 11.3 Å². The normalized spacial score (nSPS) is 18.4. The molecule has 1 aliphatic rings. The van der Waals surface area contributed by atoms with Gasteiger partial charge in [0.1, 0.15) is 11.6 Å². The molecular formula is C17H14N2O2. The molecule has 4 nitrogen and oxygen atoms in total. The maximum Gasteiger partial charge on any atom is 0.279 e.